The standard InChI is InChI=1S/C20H18I2N2O2/c1-10-8-13(21)4-6-15(10)23-19(25)17-12(3)18(17)20(26)24-16-7-5-14(22)9-11(16)2/h4-9,17-18H,3H2,1-2H3,(H,23,25)(H,24,26)/t17-,18+. The summed E-state index contributed by atoms with van der Waals surface area (Å²) >= 11 is 4.46. The van der Waals surface area contributed by atoms with E-state index in [1.807, 2.05) is 50.2 Å². The van der Waals surface area contributed by atoms with Crippen molar-refractivity contribution >= 4 is 68.4 Å². The van der Waals surface area contributed by atoms with Crippen molar-refractivity contribution in [1.82, 2.24) is 0 Å². The fraction of sp³-hybridized carbons (Fsp3) is 0.200. The Balaban J connectivity index is 1.66. The molecule has 0 spiro atoms. The number of hydrogen-bond acceptors (Lipinski definition) is 2. The SMILES string of the molecule is C=C1[C@H](C(=O)Nc2ccc(I)cc2C)[C@@H]1C(=O)Nc1ccc(I)cc1C. The number of aryl methyl sites for hydroxylation is 2. The Labute approximate surface area is 180 Å². The van der Waals surface area contributed by atoms with Crippen LogP contribution in [0.15, 0.2) is 48.6 Å². The van der Waals surface area contributed by atoms with Gasteiger partial charge in [-0.25, -0.2) is 0 Å². The van der Waals surface area contributed by atoms with Gasteiger partial charge in [0.25, 0.3) is 0 Å². The zero-order chi connectivity index (χ0) is 19.0. The molecule has 0 aromatic heterocycles. The Morgan fingerprint density at radius 1 is 0.846 bits per heavy atom. The fourth-order valence-electron chi connectivity index (χ4n) is 2.91. The van der Waals surface area contributed by atoms with Crippen molar-refractivity contribution in [2.24, 2.45) is 11.8 Å². The van der Waals surface area contributed by atoms with Gasteiger partial charge in [-0.05, 0) is 107 Å². The average molecular weight is 572 g/mol. The average Bonchev–Trinajstić information content (AvgIpc) is 3.24. The molecule has 1 aliphatic rings. The second-order valence-corrected chi connectivity index (χ2v) is 8.92. The summed E-state index contributed by atoms with van der Waals surface area (Å²) in [5.74, 6) is -1.31. The number of carbonyl (C=O) groups is 2. The van der Waals surface area contributed by atoms with Crippen LogP contribution in [0.3, 0.4) is 0 Å². The Morgan fingerprint density at radius 3 is 1.58 bits per heavy atom. The minimum absolute atomic E-state index is 0.182. The molecule has 1 saturated carbocycles. The zero-order valence-corrected chi connectivity index (χ0v) is 18.7. The number of benzene rings is 2. The Hall–Kier alpha value is -1.42. The summed E-state index contributed by atoms with van der Waals surface area (Å²) in [6.07, 6.45) is 0. The maximum Gasteiger partial charge on any atom is 0.232 e. The van der Waals surface area contributed by atoms with Gasteiger partial charge in [0, 0.05) is 18.5 Å². The highest BCUT2D eigenvalue weighted by Gasteiger charge is 2.52. The van der Waals surface area contributed by atoms with Gasteiger partial charge in [-0.3, -0.25) is 9.59 Å². The second-order valence-electron chi connectivity index (χ2n) is 6.43. The van der Waals surface area contributed by atoms with E-state index in [4.69, 9.17) is 0 Å². The maximum atomic E-state index is 12.5. The largest absolute Gasteiger partial charge is 0.325 e. The van der Waals surface area contributed by atoms with Gasteiger partial charge >= 0.3 is 0 Å². The number of rotatable bonds is 4. The summed E-state index contributed by atoms with van der Waals surface area (Å²) in [4.78, 5) is 25.1. The highest BCUT2D eigenvalue weighted by atomic mass is 127. The molecule has 0 aliphatic heterocycles. The van der Waals surface area contributed by atoms with Gasteiger partial charge in [-0.1, -0.05) is 12.2 Å². The summed E-state index contributed by atoms with van der Waals surface area (Å²) in [6.45, 7) is 7.80. The van der Waals surface area contributed by atoms with Crippen LogP contribution in [-0.4, -0.2) is 11.8 Å². The van der Waals surface area contributed by atoms with Crippen molar-refractivity contribution in [2.45, 2.75) is 13.8 Å². The van der Waals surface area contributed by atoms with E-state index in [0.717, 1.165) is 29.6 Å². The minimum Gasteiger partial charge on any atom is -0.325 e. The van der Waals surface area contributed by atoms with Gasteiger partial charge in [-0.2, -0.15) is 0 Å². The van der Waals surface area contributed by atoms with E-state index in [1.54, 1.807) is 0 Å². The molecular formula is C20H18I2N2O2. The summed E-state index contributed by atoms with van der Waals surface area (Å²) < 4.78 is 2.22. The number of carbonyl (C=O) groups excluding carboxylic acids is 2. The van der Waals surface area contributed by atoms with Crippen molar-refractivity contribution < 1.29 is 9.59 Å². The topological polar surface area (TPSA) is 58.2 Å². The van der Waals surface area contributed by atoms with Gasteiger partial charge < -0.3 is 10.6 Å². The quantitative estimate of drug-likeness (QED) is 0.405. The van der Waals surface area contributed by atoms with Crippen LogP contribution in [-0.2, 0) is 9.59 Å². The van der Waals surface area contributed by atoms with Gasteiger partial charge in [-0.15, -0.1) is 0 Å². The summed E-state index contributed by atoms with van der Waals surface area (Å²) in [5, 5.41) is 5.83. The summed E-state index contributed by atoms with van der Waals surface area (Å²) in [5.41, 5.74) is 4.18. The van der Waals surface area contributed by atoms with Gasteiger partial charge in [0.1, 0.15) is 0 Å². The molecule has 0 unspecified atom stereocenters. The first-order valence-corrected chi connectivity index (χ1v) is 10.3. The van der Waals surface area contributed by atoms with Gasteiger partial charge in [0.15, 0.2) is 0 Å². The molecule has 0 radical (unpaired) electrons. The predicted molar refractivity (Wildman–Crippen MR) is 121 cm³/mol. The summed E-state index contributed by atoms with van der Waals surface area (Å²) in [6, 6.07) is 11.6. The first-order valence-electron chi connectivity index (χ1n) is 8.10. The van der Waals surface area contributed by atoms with Gasteiger partial charge in [0.05, 0.1) is 11.8 Å². The van der Waals surface area contributed by atoms with Gasteiger partial charge in [0.2, 0.25) is 11.8 Å². The third-order valence-electron chi connectivity index (χ3n) is 4.48. The predicted octanol–water partition coefficient (Wildman–Crippen LogP) is 4.89. The van der Waals surface area contributed by atoms with Crippen molar-refractivity contribution in [3.05, 3.63) is 66.8 Å². The van der Waals surface area contributed by atoms with Crippen LogP contribution in [0.4, 0.5) is 11.4 Å². The zero-order valence-electron chi connectivity index (χ0n) is 14.4. The molecule has 1 aliphatic carbocycles. The van der Waals surface area contributed by atoms with Crippen molar-refractivity contribution in [3.63, 3.8) is 0 Å². The number of hydrogen-bond donors (Lipinski definition) is 2. The first-order chi connectivity index (χ1) is 12.3. The van der Waals surface area contributed by atoms with E-state index in [0.29, 0.717) is 5.57 Å². The fourth-order valence-corrected chi connectivity index (χ4v) is 4.20. The third-order valence-corrected chi connectivity index (χ3v) is 5.82. The molecule has 0 saturated heterocycles. The molecule has 1 fully saturated rings. The normalized spacial score (nSPS) is 18.4. The molecule has 2 N–H and O–H groups in total. The Kier molecular flexibility index (Phi) is 5.71. The molecule has 0 bridgehead atoms. The number of nitrogens with one attached hydrogen (secondary N) is 2. The molecule has 4 nitrogen and oxygen atoms in total. The lowest BCUT2D eigenvalue weighted by Gasteiger charge is -2.10. The molecule has 2 amide bonds. The Bertz CT molecular complexity index is 851. The van der Waals surface area contributed by atoms with E-state index < -0.39 is 11.8 Å². The molecule has 0 heterocycles. The van der Waals surface area contributed by atoms with Crippen molar-refractivity contribution in [2.75, 3.05) is 10.6 Å². The molecular weight excluding hydrogens is 554 g/mol. The third kappa shape index (κ3) is 4.11. The van der Waals surface area contributed by atoms with Crippen LogP contribution in [0.2, 0.25) is 0 Å². The molecule has 6 heteroatoms. The summed E-state index contributed by atoms with van der Waals surface area (Å²) in [7, 11) is 0. The molecule has 2 atom stereocenters. The molecule has 2 aromatic rings. The van der Waals surface area contributed by atoms with E-state index in [-0.39, 0.29) is 11.8 Å². The van der Waals surface area contributed by atoms with Crippen LogP contribution >= 0.6 is 45.2 Å². The maximum absolute atomic E-state index is 12.5. The highest BCUT2D eigenvalue weighted by molar-refractivity contribution is 14.1. The number of anilines is 2. The van der Waals surface area contributed by atoms with Crippen LogP contribution in [0.5, 0.6) is 0 Å². The van der Waals surface area contributed by atoms with Crippen LogP contribution < -0.4 is 10.6 Å². The van der Waals surface area contributed by atoms with Crippen LogP contribution in [0, 0.1) is 32.8 Å². The number of amides is 2. The highest BCUT2D eigenvalue weighted by Crippen LogP contribution is 2.46. The molecule has 2 aromatic carbocycles. The Morgan fingerprint density at radius 2 is 1.23 bits per heavy atom. The molecule has 134 valence electrons. The molecule has 3 rings (SSSR count). The lowest BCUT2D eigenvalue weighted by molar-refractivity contribution is -0.122. The lowest BCUT2D eigenvalue weighted by Crippen LogP contribution is -2.21. The number of halogens is 2. The van der Waals surface area contributed by atoms with E-state index in [2.05, 4.69) is 62.4 Å². The minimum atomic E-state index is -0.474. The van der Waals surface area contributed by atoms with Crippen LogP contribution in [0.1, 0.15) is 11.1 Å². The van der Waals surface area contributed by atoms with Crippen molar-refractivity contribution in [3.8, 4) is 0 Å². The smallest absolute Gasteiger partial charge is 0.232 e. The van der Waals surface area contributed by atoms with Crippen LogP contribution in [0.25, 0.3) is 0 Å². The van der Waals surface area contributed by atoms with E-state index >= 15 is 0 Å². The van der Waals surface area contributed by atoms with Crippen molar-refractivity contribution in [1.29, 1.82) is 0 Å². The monoisotopic (exact) mass is 572 g/mol. The first kappa shape index (κ1) is 19.3. The molecule has 26 heavy (non-hydrogen) atoms. The lowest BCUT2D eigenvalue weighted by atomic mass is 10.2. The van der Waals surface area contributed by atoms with E-state index in [9.17, 15) is 9.59 Å². The second kappa shape index (κ2) is 7.67. The van der Waals surface area contributed by atoms with E-state index in [1.165, 1.54) is 0 Å².